The normalized spacial score (nSPS) is 15.3. The van der Waals surface area contributed by atoms with Gasteiger partial charge in [-0.05, 0) is 12.0 Å². The average Bonchev–Trinajstić information content (AvgIpc) is 2.23. The van der Waals surface area contributed by atoms with E-state index in [1.165, 1.54) is 0 Å². The Labute approximate surface area is 82.5 Å². The van der Waals surface area contributed by atoms with Crippen molar-refractivity contribution in [2.45, 2.75) is 6.42 Å². The highest BCUT2D eigenvalue weighted by Crippen LogP contribution is 2.20. The van der Waals surface area contributed by atoms with Gasteiger partial charge >= 0.3 is 0 Å². The van der Waals surface area contributed by atoms with Crippen molar-refractivity contribution < 1.29 is 9.53 Å². The van der Waals surface area contributed by atoms with Gasteiger partial charge in [0, 0.05) is 25.9 Å². The summed E-state index contributed by atoms with van der Waals surface area (Å²) in [5.74, 6) is 0.613. The largest absolute Gasteiger partial charge is 0.481 e. The quantitative estimate of drug-likeness (QED) is 0.658. The predicted molar refractivity (Wildman–Crippen MR) is 51.5 cm³/mol. The molecule has 0 fully saturated rings. The predicted octanol–water partition coefficient (Wildman–Crippen LogP) is 0.718. The van der Waals surface area contributed by atoms with Crippen molar-refractivity contribution in [3.63, 3.8) is 0 Å². The van der Waals surface area contributed by atoms with E-state index < -0.39 is 0 Å². The van der Waals surface area contributed by atoms with Gasteiger partial charge < -0.3 is 9.64 Å². The molecule has 0 aromatic carbocycles. The number of ether oxygens (including phenoxy) is 1. The Bertz CT molecular complexity index is 376. The van der Waals surface area contributed by atoms with Crippen LogP contribution in [0.5, 0.6) is 5.88 Å². The van der Waals surface area contributed by atoms with Crippen LogP contribution in [0, 0.1) is 0 Å². The van der Waals surface area contributed by atoms with Gasteiger partial charge in [-0.3, -0.25) is 4.79 Å². The SMILES string of the molecule is COc1cc2c(cn1)C(=O)N(C)CC2. The third kappa shape index (κ3) is 1.32. The first-order valence-corrected chi connectivity index (χ1v) is 4.50. The second-order valence-corrected chi connectivity index (χ2v) is 3.36. The van der Waals surface area contributed by atoms with Gasteiger partial charge in [0.15, 0.2) is 0 Å². The number of methoxy groups -OCH3 is 1. The molecule has 1 aliphatic rings. The first kappa shape index (κ1) is 8.99. The molecule has 0 radical (unpaired) electrons. The Kier molecular flexibility index (Phi) is 2.11. The fraction of sp³-hybridized carbons (Fsp3) is 0.400. The molecule has 0 saturated heterocycles. The second kappa shape index (κ2) is 3.29. The lowest BCUT2D eigenvalue weighted by Crippen LogP contribution is -2.34. The molecule has 2 rings (SSSR count). The zero-order chi connectivity index (χ0) is 10.1. The van der Waals surface area contributed by atoms with Crippen molar-refractivity contribution in [1.82, 2.24) is 9.88 Å². The Morgan fingerprint density at radius 1 is 1.57 bits per heavy atom. The van der Waals surface area contributed by atoms with E-state index >= 15 is 0 Å². The summed E-state index contributed by atoms with van der Waals surface area (Å²) in [6, 6.07) is 1.83. The lowest BCUT2D eigenvalue weighted by molar-refractivity contribution is 0.0780. The molecule has 74 valence electrons. The van der Waals surface area contributed by atoms with Crippen LogP contribution in [0.3, 0.4) is 0 Å². The Morgan fingerprint density at radius 2 is 2.36 bits per heavy atom. The Balaban J connectivity index is 2.44. The van der Waals surface area contributed by atoms with Crippen LogP contribution >= 0.6 is 0 Å². The van der Waals surface area contributed by atoms with Gasteiger partial charge in [-0.25, -0.2) is 4.98 Å². The maximum Gasteiger partial charge on any atom is 0.255 e. The molecular weight excluding hydrogens is 180 g/mol. The zero-order valence-corrected chi connectivity index (χ0v) is 8.28. The molecule has 2 heterocycles. The molecule has 1 amide bonds. The summed E-state index contributed by atoms with van der Waals surface area (Å²) in [7, 11) is 3.38. The summed E-state index contributed by atoms with van der Waals surface area (Å²) in [5.41, 5.74) is 1.72. The fourth-order valence-corrected chi connectivity index (χ4v) is 1.58. The molecule has 1 aromatic rings. The number of carbonyl (C=O) groups is 1. The van der Waals surface area contributed by atoms with E-state index in [0.29, 0.717) is 11.4 Å². The van der Waals surface area contributed by atoms with Crippen LogP contribution in [0.4, 0.5) is 0 Å². The first-order chi connectivity index (χ1) is 6.72. The van der Waals surface area contributed by atoms with Crippen LogP contribution in [0.2, 0.25) is 0 Å². The number of pyridine rings is 1. The minimum Gasteiger partial charge on any atom is -0.481 e. The molecule has 0 unspecified atom stereocenters. The van der Waals surface area contributed by atoms with Crippen molar-refractivity contribution >= 4 is 5.91 Å². The molecule has 1 aliphatic heterocycles. The number of rotatable bonds is 1. The number of likely N-dealkylation sites (N-methyl/N-ethyl adjacent to an activating group) is 1. The maximum atomic E-state index is 11.7. The monoisotopic (exact) mass is 192 g/mol. The average molecular weight is 192 g/mol. The van der Waals surface area contributed by atoms with Gasteiger partial charge in [-0.15, -0.1) is 0 Å². The van der Waals surface area contributed by atoms with E-state index in [2.05, 4.69) is 4.98 Å². The summed E-state index contributed by atoms with van der Waals surface area (Å²) in [6.07, 6.45) is 2.46. The van der Waals surface area contributed by atoms with Crippen LogP contribution in [-0.2, 0) is 6.42 Å². The number of fused-ring (bicyclic) bond motifs is 1. The molecule has 1 aromatic heterocycles. The number of carbonyl (C=O) groups excluding carboxylic acids is 1. The highest BCUT2D eigenvalue weighted by molar-refractivity contribution is 5.96. The highest BCUT2D eigenvalue weighted by Gasteiger charge is 2.21. The molecule has 0 saturated carbocycles. The standard InChI is InChI=1S/C10H12N2O2/c1-12-4-3-7-5-9(14-2)11-6-8(7)10(12)13/h5-6H,3-4H2,1-2H3. The van der Waals surface area contributed by atoms with Crippen LogP contribution in [0.15, 0.2) is 12.3 Å². The molecule has 0 spiro atoms. The topological polar surface area (TPSA) is 42.4 Å². The van der Waals surface area contributed by atoms with Crippen molar-refractivity contribution in [3.8, 4) is 5.88 Å². The molecule has 4 heteroatoms. The van der Waals surface area contributed by atoms with Crippen molar-refractivity contribution in [2.75, 3.05) is 20.7 Å². The van der Waals surface area contributed by atoms with E-state index in [9.17, 15) is 4.79 Å². The van der Waals surface area contributed by atoms with Crippen molar-refractivity contribution in [2.24, 2.45) is 0 Å². The summed E-state index contributed by atoms with van der Waals surface area (Å²) in [5, 5.41) is 0. The zero-order valence-electron chi connectivity index (χ0n) is 8.28. The van der Waals surface area contributed by atoms with Gasteiger partial charge in [-0.2, -0.15) is 0 Å². The molecule has 0 aliphatic carbocycles. The highest BCUT2D eigenvalue weighted by atomic mass is 16.5. The van der Waals surface area contributed by atoms with E-state index in [-0.39, 0.29) is 5.91 Å². The summed E-state index contributed by atoms with van der Waals surface area (Å²) in [4.78, 5) is 17.4. The van der Waals surface area contributed by atoms with Gasteiger partial charge in [0.1, 0.15) is 0 Å². The van der Waals surface area contributed by atoms with Crippen LogP contribution < -0.4 is 4.74 Å². The van der Waals surface area contributed by atoms with Gasteiger partial charge in [0.25, 0.3) is 5.91 Å². The summed E-state index contributed by atoms with van der Waals surface area (Å²) >= 11 is 0. The second-order valence-electron chi connectivity index (χ2n) is 3.36. The summed E-state index contributed by atoms with van der Waals surface area (Å²) < 4.78 is 5.01. The van der Waals surface area contributed by atoms with Crippen LogP contribution in [0.1, 0.15) is 15.9 Å². The number of aromatic nitrogens is 1. The van der Waals surface area contributed by atoms with Crippen molar-refractivity contribution in [1.29, 1.82) is 0 Å². The van der Waals surface area contributed by atoms with Crippen molar-refractivity contribution in [3.05, 3.63) is 23.4 Å². The van der Waals surface area contributed by atoms with E-state index in [4.69, 9.17) is 4.74 Å². The van der Waals surface area contributed by atoms with Gasteiger partial charge in [0.2, 0.25) is 5.88 Å². The third-order valence-corrected chi connectivity index (χ3v) is 2.47. The van der Waals surface area contributed by atoms with Gasteiger partial charge in [0.05, 0.1) is 12.7 Å². The molecule has 14 heavy (non-hydrogen) atoms. The minimum absolute atomic E-state index is 0.0430. The lowest BCUT2D eigenvalue weighted by Gasteiger charge is -2.24. The van der Waals surface area contributed by atoms with E-state index in [1.807, 2.05) is 6.07 Å². The minimum atomic E-state index is 0.0430. The molecule has 0 atom stereocenters. The Hall–Kier alpha value is -1.58. The number of hydrogen-bond acceptors (Lipinski definition) is 3. The van der Waals surface area contributed by atoms with Gasteiger partial charge in [-0.1, -0.05) is 0 Å². The van der Waals surface area contributed by atoms with E-state index in [1.54, 1.807) is 25.3 Å². The number of amides is 1. The maximum absolute atomic E-state index is 11.7. The Morgan fingerprint density at radius 3 is 3.07 bits per heavy atom. The first-order valence-electron chi connectivity index (χ1n) is 4.50. The molecule has 0 N–H and O–H groups in total. The summed E-state index contributed by atoms with van der Waals surface area (Å²) in [6.45, 7) is 0.763. The van der Waals surface area contributed by atoms with Crippen LogP contribution in [-0.4, -0.2) is 36.5 Å². The van der Waals surface area contributed by atoms with E-state index in [0.717, 1.165) is 18.5 Å². The molecule has 4 nitrogen and oxygen atoms in total. The third-order valence-electron chi connectivity index (χ3n) is 2.47. The number of nitrogens with zero attached hydrogens (tertiary/aromatic N) is 2. The fourth-order valence-electron chi connectivity index (χ4n) is 1.58. The lowest BCUT2D eigenvalue weighted by atomic mass is 10.0. The smallest absolute Gasteiger partial charge is 0.255 e. The van der Waals surface area contributed by atoms with Crippen LogP contribution in [0.25, 0.3) is 0 Å². The molecular formula is C10H12N2O2. The molecule has 0 bridgehead atoms. The number of hydrogen-bond donors (Lipinski definition) is 0.